The molecule has 0 aliphatic heterocycles. The third-order valence-electron chi connectivity index (χ3n) is 2.79. The van der Waals surface area contributed by atoms with E-state index in [1.165, 1.54) is 10.7 Å². The summed E-state index contributed by atoms with van der Waals surface area (Å²) in [5, 5.41) is 9.15. The highest BCUT2D eigenvalue weighted by Crippen LogP contribution is 2.19. The Balaban J connectivity index is 2.18. The van der Waals surface area contributed by atoms with Crippen LogP contribution in [-0.2, 0) is 10.0 Å². The Hall–Kier alpha value is -2.20. The van der Waals surface area contributed by atoms with Gasteiger partial charge in [-0.1, -0.05) is 13.8 Å². The van der Waals surface area contributed by atoms with E-state index >= 15 is 0 Å². The van der Waals surface area contributed by atoms with Gasteiger partial charge in [0.05, 0.1) is 18.6 Å². The molecule has 0 atom stereocenters. The lowest BCUT2D eigenvalue weighted by Crippen LogP contribution is -2.33. The fourth-order valence-electron chi connectivity index (χ4n) is 1.96. The van der Waals surface area contributed by atoms with Crippen molar-refractivity contribution in [2.45, 2.75) is 13.8 Å². The topological polar surface area (TPSA) is 143 Å². The van der Waals surface area contributed by atoms with Crippen LogP contribution in [0.2, 0.25) is 0 Å². The van der Waals surface area contributed by atoms with Gasteiger partial charge in [-0.05, 0) is 6.07 Å². The lowest BCUT2D eigenvalue weighted by atomic mass is 9.98. The first-order valence-electron chi connectivity index (χ1n) is 6.35. The highest BCUT2D eigenvalue weighted by molar-refractivity contribution is 7.89. The maximum atomic E-state index is 11.3. The number of primary sulfonamides is 1. The molecule has 0 bridgehead atoms. The second kappa shape index (κ2) is 5.54. The summed E-state index contributed by atoms with van der Waals surface area (Å²) >= 11 is 0. The summed E-state index contributed by atoms with van der Waals surface area (Å²) in [6.07, 6.45) is 1.32. The largest absolute Gasteiger partial charge is 0.476 e. The molecule has 10 heteroatoms. The van der Waals surface area contributed by atoms with Gasteiger partial charge in [-0.3, -0.25) is 4.79 Å². The molecule has 2 rings (SSSR count). The zero-order chi connectivity index (χ0) is 16.5. The molecule has 1 amide bonds. The molecular weight excluding hydrogens is 310 g/mol. The maximum absolute atomic E-state index is 11.3. The van der Waals surface area contributed by atoms with Gasteiger partial charge in [0.1, 0.15) is 5.69 Å². The van der Waals surface area contributed by atoms with Gasteiger partial charge in [-0.25, -0.2) is 23.1 Å². The maximum Gasteiger partial charge on any atom is 0.269 e. The lowest BCUT2D eigenvalue weighted by Gasteiger charge is -2.22. The molecule has 9 nitrogen and oxygen atoms in total. The standard InChI is InChI=1S/C12H17N5O4S/c1-12(2,7-22(14,19)20)6-21-10-4-3-9-15-5-8(11(13)18)17(9)16-10/h3-5H,6-7H2,1-2H3,(H2,13,18)(H2,14,19,20). The molecule has 0 saturated heterocycles. The summed E-state index contributed by atoms with van der Waals surface area (Å²) in [4.78, 5) is 15.2. The first-order chi connectivity index (χ1) is 10.1. The summed E-state index contributed by atoms with van der Waals surface area (Å²) in [5.74, 6) is -0.665. The number of hydrogen-bond donors (Lipinski definition) is 2. The molecule has 0 radical (unpaired) electrons. The number of carbonyl (C=O) groups is 1. The van der Waals surface area contributed by atoms with Crippen LogP contribution in [0.4, 0.5) is 0 Å². The van der Waals surface area contributed by atoms with Crippen molar-refractivity contribution in [3.05, 3.63) is 24.0 Å². The molecule has 0 aliphatic carbocycles. The number of hydrogen-bond acceptors (Lipinski definition) is 6. The summed E-state index contributed by atoms with van der Waals surface area (Å²) in [6.45, 7) is 3.51. The van der Waals surface area contributed by atoms with E-state index in [9.17, 15) is 13.2 Å². The molecule has 2 aromatic rings. The minimum absolute atomic E-state index is 0.0859. The average Bonchev–Trinajstić information content (AvgIpc) is 2.76. The Morgan fingerprint density at radius 1 is 1.41 bits per heavy atom. The van der Waals surface area contributed by atoms with Crippen molar-refractivity contribution in [2.24, 2.45) is 16.3 Å². The van der Waals surface area contributed by atoms with Crippen molar-refractivity contribution < 1.29 is 17.9 Å². The van der Waals surface area contributed by atoms with Crippen LogP contribution in [0.3, 0.4) is 0 Å². The Morgan fingerprint density at radius 2 is 2.09 bits per heavy atom. The molecule has 2 heterocycles. The lowest BCUT2D eigenvalue weighted by molar-refractivity contribution is 0.0993. The summed E-state index contributed by atoms with van der Waals surface area (Å²) < 4.78 is 29.1. The summed E-state index contributed by atoms with van der Waals surface area (Å²) in [7, 11) is -3.61. The molecule has 120 valence electrons. The van der Waals surface area contributed by atoms with Gasteiger partial charge in [-0.2, -0.15) is 0 Å². The second-order valence-corrected chi connectivity index (χ2v) is 7.32. The fourth-order valence-corrected chi connectivity index (χ4v) is 3.13. The van der Waals surface area contributed by atoms with Crippen LogP contribution in [0.1, 0.15) is 24.3 Å². The molecule has 0 saturated carbocycles. The van der Waals surface area contributed by atoms with E-state index in [1.54, 1.807) is 26.0 Å². The second-order valence-electron chi connectivity index (χ2n) is 5.71. The number of amides is 1. The third-order valence-corrected chi connectivity index (χ3v) is 3.98. The zero-order valence-electron chi connectivity index (χ0n) is 12.2. The van der Waals surface area contributed by atoms with E-state index in [2.05, 4.69) is 10.1 Å². The summed E-state index contributed by atoms with van der Waals surface area (Å²) in [5.41, 5.74) is 5.11. The van der Waals surface area contributed by atoms with Crippen molar-refractivity contribution in [2.75, 3.05) is 12.4 Å². The summed E-state index contributed by atoms with van der Waals surface area (Å²) in [6, 6.07) is 3.18. The first kappa shape index (κ1) is 16.2. The van der Waals surface area contributed by atoms with Crippen LogP contribution in [0, 0.1) is 5.41 Å². The normalized spacial score (nSPS) is 12.5. The number of sulfonamides is 1. The average molecular weight is 327 g/mol. The van der Waals surface area contributed by atoms with Crippen LogP contribution in [-0.4, -0.2) is 41.3 Å². The molecule has 22 heavy (non-hydrogen) atoms. The molecule has 0 fully saturated rings. The number of fused-ring (bicyclic) bond motifs is 1. The Morgan fingerprint density at radius 3 is 2.68 bits per heavy atom. The quantitative estimate of drug-likeness (QED) is 0.733. The van der Waals surface area contributed by atoms with Crippen molar-refractivity contribution in [3.8, 4) is 5.88 Å². The van der Waals surface area contributed by atoms with Crippen LogP contribution in [0.25, 0.3) is 5.65 Å². The Bertz CT molecular complexity index is 812. The number of rotatable bonds is 6. The molecule has 0 spiro atoms. The predicted octanol–water partition coefficient (Wildman–Crippen LogP) is -0.478. The fraction of sp³-hybridized carbons (Fsp3) is 0.417. The van der Waals surface area contributed by atoms with Crippen LogP contribution in [0.15, 0.2) is 18.3 Å². The van der Waals surface area contributed by atoms with E-state index in [0.717, 1.165) is 0 Å². The van der Waals surface area contributed by atoms with E-state index in [4.69, 9.17) is 15.6 Å². The number of carbonyl (C=O) groups excluding carboxylic acids is 1. The van der Waals surface area contributed by atoms with Crippen molar-refractivity contribution in [1.29, 1.82) is 0 Å². The molecule has 2 aromatic heterocycles. The van der Waals surface area contributed by atoms with Gasteiger partial charge in [0.15, 0.2) is 5.65 Å². The van der Waals surface area contributed by atoms with Gasteiger partial charge in [0.25, 0.3) is 5.91 Å². The SMILES string of the molecule is CC(C)(COc1ccc2ncc(C(N)=O)n2n1)CS(N)(=O)=O. The molecular formula is C12H17N5O4S. The smallest absolute Gasteiger partial charge is 0.269 e. The highest BCUT2D eigenvalue weighted by Gasteiger charge is 2.25. The molecule has 4 N–H and O–H groups in total. The van der Waals surface area contributed by atoms with E-state index < -0.39 is 21.3 Å². The van der Waals surface area contributed by atoms with E-state index in [0.29, 0.717) is 5.65 Å². The zero-order valence-corrected chi connectivity index (χ0v) is 13.0. The van der Waals surface area contributed by atoms with Gasteiger partial charge in [0.2, 0.25) is 15.9 Å². The van der Waals surface area contributed by atoms with E-state index in [-0.39, 0.29) is 23.9 Å². The minimum Gasteiger partial charge on any atom is -0.476 e. The van der Waals surface area contributed by atoms with Crippen LogP contribution >= 0.6 is 0 Å². The monoisotopic (exact) mass is 327 g/mol. The number of nitrogens with two attached hydrogens (primary N) is 2. The number of aromatic nitrogens is 3. The first-order valence-corrected chi connectivity index (χ1v) is 8.07. The van der Waals surface area contributed by atoms with Crippen molar-refractivity contribution >= 4 is 21.6 Å². The van der Waals surface area contributed by atoms with Gasteiger partial charge in [0, 0.05) is 11.5 Å². The highest BCUT2D eigenvalue weighted by atomic mass is 32.2. The number of nitrogens with zero attached hydrogens (tertiary/aromatic N) is 3. The molecule has 0 aliphatic rings. The Kier molecular flexibility index (Phi) is 4.07. The number of primary amides is 1. The third kappa shape index (κ3) is 3.92. The minimum atomic E-state index is -3.61. The number of ether oxygens (including phenoxy) is 1. The van der Waals surface area contributed by atoms with Crippen LogP contribution < -0.4 is 15.6 Å². The predicted molar refractivity (Wildman–Crippen MR) is 78.8 cm³/mol. The van der Waals surface area contributed by atoms with Crippen molar-refractivity contribution in [3.63, 3.8) is 0 Å². The molecule has 0 unspecified atom stereocenters. The number of imidazole rings is 1. The van der Waals surface area contributed by atoms with Gasteiger partial charge >= 0.3 is 0 Å². The van der Waals surface area contributed by atoms with Crippen LogP contribution in [0.5, 0.6) is 5.88 Å². The van der Waals surface area contributed by atoms with E-state index in [1.807, 2.05) is 0 Å². The van der Waals surface area contributed by atoms with Gasteiger partial charge < -0.3 is 10.5 Å². The Labute approximate surface area is 127 Å². The van der Waals surface area contributed by atoms with Crippen molar-refractivity contribution in [1.82, 2.24) is 14.6 Å². The molecule has 0 aromatic carbocycles. The van der Waals surface area contributed by atoms with Gasteiger partial charge in [-0.15, -0.1) is 5.10 Å².